The number of phenols is 1. The molecule has 0 aromatic heterocycles. The van der Waals surface area contributed by atoms with Gasteiger partial charge in [-0.15, -0.1) is 0 Å². The molecular weight excluding hydrogens is 542 g/mol. The number of aliphatic hydroxyl groups is 2. The van der Waals surface area contributed by atoms with E-state index in [9.17, 15) is 29.7 Å². The Labute approximate surface area is 240 Å². The normalized spacial score (nSPS) is 28.1. The number of ketones is 2. The number of hydrogen-bond acceptors (Lipinski definition) is 10. The van der Waals surface area contributed by atoms with Gasteiger partial charge >= 0.3 is 5.97 Å². The molecule has 0 amide bonds. The monoisotopic (exact) mass is 569 g/mol. The van der Waals surface area contributed by atoms with E-state index >= 15 is 0 Å². The second-order valence-corrected chi connectivity index (χ2v) is 11.0. The van der Waals surface area contributed by atoms with Gasteiger partial charge in [-0.3, -0.25) is 9.59 Å². The van der Waals surface area contributed by atoms with Gasteiger partial charge in [-0.05, 0) is 43.2 Å². The minimum atomic E-state index is -1.11. The summed E-state index contributed by atoms with van der Waals surface area (Å²) in [5, 5.41) is 31.4. The van der Waals surface area contributed by atoms with Gasteiger partial charge in [0, 0.05) is 23.1 Å². The maximum absolute atomic E-state index is 14.5. The summed E-state index contributed by atoms with van der Waals surface area (Å²) in [6, 6.07) is 15.6. The van der Waals surface area contributed by atoms with E-state index in [1.165, 1.54) is 23.1 Å². The molecule has 3 aliphatic heterocycles. The molecule has 3 N–H and O–H groups in total. The van der Waals surface area contributed by atoms with Gasteiger partial charge in [-0.1, -0.05) is 42.5 Å². The van der Waals surface area contributed by atoms with Gasteiger partial charge in [0.2, 0.25) is 18.3 Å². The van der Waals surface area contributed by atoms with E-state index in [1.54, 1.807) is 56.3 Å². The molecule has 0 radical (unpaired) electrons. The number of allylic oxidation sites excluding steroid dienone is 2. The van der Waals surface area contributed by atoms with Gasteiger partial charge in [-0.2, -0.15) is 0 Å². The Kier molecular flexibility index (Phi) is 5.98. The first-order valence-electron chi connectivity index (χ1n) is 13.7. The number of aliphatic hydroxyl groups excluding tert-OH is 2. The van der Waals surface area contributed by atoms with Crippen LogP contribution in [0, 0.1) is 6.92 Å². The lowest BCUT2D eigenvalue weighted by Crippen LogP contribution is -2.48. The predicted octanol–water partition coefficient (Wildman–Crippen LogP) is 3.34. The number of hydrogen-bond donors (Lipinski definition) is 3. The van der Waals surface area contributed by atoms with Crippen LogP contribution in [0.3, 0.4) is 0 Å². The molecule has 10 heteroatoms. The molecule has 2 saturated heterocycles. The molecule has 214 valence electrons. The molecule has 1 aliphatic carbocycles. The molecular formula is C32H27NO9. The second kappa shape index (κ2) is 9.52. The molecule has 0 saturated carbocycles. The van der Waals surface area contributed by atoms with Gasteiger partial charge in [0.1, 0.15) is 23.3 Å². The van der Waals surface area contributed by atoms with Crippen molar-refractivity contribution in [2.45, 2.75) is 57.1 Å². The topological polar surface area (TPSA) is 143 Å². The average Bonchev–Trinajstić information content (AvgIpc) is 3.31. The van der Waals surface area contributed by atoms with Crippen molar-refractivity contribution in [3.8, 4) is 11.5 Å². The summed E-state index contributed by atoms with van der Waals surface area (Å²) >= 11 is 0. The van der Waals surface area contributed by atoms with Crippen molar-refractivity contribution < 1.29 is 43.9 Å². The lowest BCUT2D eigenvalue weighted by molar-refractivity contribution is -0.216. The Hall–Kier alpha value is -4.51. The van der Waals surface area contributed by atoms with Crippen LogP contribution in [-0.4, -0.2) is 62.4 Å². The Morgan fingerprint density at radius 2 is 1.71 bits per heavy atom. The van der Waals surface area contributed by atoms with Gasteiger partial charge in [0.25, 0.3) is 0 Å². The lowest BCUT2D eigenvalue weighted by Gasteiger charge is -2.39. The van der Waals surface area contributed by atoms with Crippen LogP contribution in [0.25, 0.3) is 5.57 Å². The smallest absolute Gasteiger partial charge is 0.335 e. The standard InChI is InChI=1S/C32H27NO9/c1-14-11-18-23(19(34)12-14)25-27(33-26(32(39)42-31(18)33)16-7-4-3-5-8-16)30(38)24-17(29(25)37)9-6-10-21(24)41-22-13-20(35)28(36)15(2)40-22/h3-12,15,20,22,26,28,31,34-36H,13H2,1-2H3. The van der Waals surface area contributed by atoms with Crippen molar-refractivity contribution >= 4 is 23.1 Å². The fourth-order valence-electron chi connectivity index (χ4n) is 6.38. The molecule has 6 atom stereocenters. The second-order valence-electron chi connectivity index (χ2n) is 11.0. The van der Waals surface area contributed by atoms with E-state index in [2.05, 4.69) is 0 Å². The van der Waals surface area contributed by atoms with Crippen LogP contribution in [-0.2, 0) is 14.3 Å². The number of rotatable bonds is 3. The SMILES string of the molecule is Cc1cc(O)c2c(c1)C1OC(=O)C(c3ccccc3)N1C1=C2C(=O)c2cccc(OC3CC(O)C(O)C(C)O3)c2C1=O. The number of carbonyl (C=O) groups excluding carboxylic acids is 3. The molecule has 0 spiro atoms. The highest BCUT2D eigenvalue weighted by molar-refractivity contribution is 6.41. The van der Waals surface area contributed by atoms with Gasteiger partial charge < -0.3 is 34.4 Å². The van der Waals surface area contributed by atoms with Crippen molar-refractivity contribution in [2.75, 3.05) is 0 Å². The summed E-state index contributed by atoms with van der Waals surface area (Å²) in [5.74, 6) is -1.86. The molecule has 6 unspecified atom stereocenters. The predicted molar refractivity (Wildman–Crippen MR) is 146 cm³/mol. The third-order valence-electron chi connectivity index (χ3n) is 8.27. The first-order valence-corrected chi connectivity index (χ1v) is 13.7. The van der Waals surface area contributed by atoms with Crippen LogP contribution in [0.1, 0.15) is 68.6 Å². The lowest BCUT2D eigenvalue weighted by atomic mass is 9.78. The Bertz CT molecular complexity index is 1690. The molecule has 3 aromatic rings. The van der Waals surface area contributed by atoms with Crippen molar-refractivity contribution in [3.63, 3.8) is 0 Å². The maximum atomic E-state index is 14.5. The van der Waals surface area contributed by atoms with Gasteiger partial charge in [0.05, 0.1) is 23.3 Å². The van der Waals surface area contributed by atoms with Gasteiger partial charge in [0.15, 0.2) is 11.8 Å². The number of aromatic hydroxyl groups is 1. The molecule has 3 aromatic carbocycles. The van der Waals surface area contributed by atoms with Gasteiger partial charge in [-0.25, -0.2) is 4.79 Å². The maximum Gasteiger partial charge on any atom is 0.335 e. The molecule has 4 aliphatic rings. The zero-order valence-electron chi connectivity index (χ0n) is 22.7. The largest absolute Gasteiger partial charge is 0.507 e. The summed E-state index contributed by atoms with van der Waals surface area (Å²) in [5.41, 5.74) is 1.76. The van der Waals surface area contributed by atoms with Crippen LogP contribution in [0.15, 0.2) is 66.4 Å². The number of Topliss-reactive ketones (excluding diaryl/α,β-unsaturated/α-hetero) is 2. The number of fused-ring (bicyclic) bond motifs is 6. The summed E-state index contributed by atoms with van der Waals surface area (Å²) in [6.45, 7) is 3.37. The highest BCUT2D eigenvalue weighted by atomic mass is 16.7. The Morgan fingerprint density at radius 1 is 0.952 bits per heavy atom. The Morgan fingerprint density at radius 3 is 2.45 bits per heavy atom. The van der Waals surface area contributed by atoms with Crippen LogP contribution >= 0.6 is 0 Å². The van der Waals surface area contributed by atoms with Crippen molar-refractivity contribution in [2.24, 2.45) is 0 Å². The number of benzene rings is 3. The fraction of sp³-hybridized carbons (Fsp3) is 0.281. The Balaban J connectivity index is 1.41. The number of nitrogens with zero attached hydrogens (tertiary/aromatic N) is 1. The number of esters is 1. The highest BCUT2D eigenvalue weighted by Gasteiger charge is 2.54. The highest BCUT2D eigenvalue weighted by Crippen LogP contribution is 2.54. The quantitative estimate of drug-likeness (QED) is 0.402. The van der Waals surface area contributed by atoms with E-state index in [1.807, 2.05) is 0 Å². The van der Waals surface area contributed by atoms with Crippen LogP contribution in [0.4, 0.5) is 0 Å². The zero-order chi connectivity index (χ0) is 29.4. The molecule has 2 fully saturated rings. The van der Waals surface area contributed by atoms with Crippen molar-refractivity contribution in [1.29, 1.82) is 0 Å². The van der Waals surface area contributed by atoms with Crippen LogP contribution in [0.5, 0.6) is 11.5 Å². The summed E-state index contributed by atoms with van der Waals surface area (Å²) < 4.78 is 17.6. The summed E-state index contributed by atoms with van der Waals surface area (Å²) in [7, 11) is 0. The van der Waals surface area contributed by atoms with Crippen molar-refractivity contribution in [1.82, 2.24) is 4.90 Å². The number of aryl methyl sites for hydroxylation is 1. The average molecular weight is 570 g/mol. The van der Waals surface area contributed by atoms with E-state index in [-0.39, 0.29) is 45.9 Å². The first kappa shape index (κ1) is 26.4. The zero-order valence-corrected chi connectivity index (χ0v) is 22.7. The number of ether oxygens (including phenoxy) is 3. The molecule has 0 bridgehead atoms. The van der Waals surface area contributed by atoms with E-state index in [0.29, 0.717) is 16.7 Å². The number of phenolic OH excluding ortho intramolecular Hbond substituents is 1. The van der Waals surface area contributed by atoms with E-state index < -0.39 is 54.4 Å². The molecule has 7 rings (SSSR count). The summed E-state index contributed by atoms with van der Waals surface area (Å²) in [6.07, 6.45) is -5.05. The summed E-state index contributed by atoms with van der Waals surface area (Å²) in [4.78, 5) is 43.7. The van der Waals surface area contributed by atoms with Crippen LogP contribution < -0.4 is 4.74 Å². The minimum absolute atomic E-state index is 0.0197. The van der Waals surface area contributed by atoms with Crippen LogP contribution in [0.2, 0.25) is 0 Å². The molecule has 42 heavy (non-hydrogen) atoms. The first-order chi connectivity index (χ1) is 20.2. The molecule has 10 nitrogen and oxygen atoms in total. The van der Waals surface area contributed by atoms with E-state index in [0.717, 1.165) is 0 Å². The fourth-order valence-corrected chi connectivity index (χ4v) is 6.38. The third-order valence-corrected chi connectivity index (χ3v) is 8.27. The van der Waals surface area contributed by atoms with Crippen molar-refractivity contribution in [3.05, 3.63) is 99.7 Å². The molecule has 3 heterocycles. The van der Waals surface area contributed by atoms with E-state index in [4.69, 9.17) is 14.2 Å². The third kappa shape index (κ3) is 3.79. The minimum Gasteiger partial charge on any atom is -0.507 e. The number of carbonyl (C=O) groups is 3.